The Morgan fingerprint density at radius 3 is 2.65 bits per heavy atom. The fraction of sp³-hybridized carbons (Fsp3) is 0.588. The smallest absolute Gasteiger partial charge is 0.306 e. The highest BCUT2D eigenvalue weighted by molar-refractivity contribution is 5.69. The van der Waals surface area contributed by atoms with Gasteiger partial charge in [0.2, 0.25) is 0 Å². The molecule has 0 heterocycles. The molecule has 110 valence electrons. The van der Waals surface area contributed by atoms with Crippen LogP contribution in [0.15, 0.2) is 30.3 Å². The summed E-state index contributed by atoms with van der Waals surface area (Å²) >= 11 is 0. The standard InChI is InChI=1S/C17H24O3/c1-14(11-17(18)20-16-9-5-6-10-16)12-19-13-15-7-3-2-4-8-15/h2-4,7-8,14,16H,5-6,9-13H2,1H3. The highest BCUT2D eigenvalue weighted by atomic mass is 16.5. The molecular weight excluding hydrogens is 252 g/mol. The molecule has 0 aromatic heterocycles. The second-order valence-electron chi connectivity index (χ2n) is 5.71. The van der Waals surface area contributed by atoms with Crippen molar-refractivity contribution < 1.29 is 14.3 Å². The fourth-order valence-electron chi connectivity index (χ4n) is 2.54. The van der Waals surface area contributed by atoms with Gasteiger partial charge < -0.3 is 9.47 Å². The number of carbonyl (C=O) groups excluding carboxylic acids is 1. The van der Waals surface area contributed by atoms with Crippen LogP contribution in [-0.2, 0) is 20.9 Å². The predicted octanol–water partition coefficient (Wildman–Crippen LogP) is 3.72. The molecule has 0 radical (unpaired) electrons. The Kier molecular flexibility index (Phi) is 6.06. The van der Waals surface area contributed by atoms with Gasteiger partial charge in [-0.25, -0.2) is 0 Å². The zero-order valence-corrected chi connectivity index (χ0v) is 12.2. The molecule has 1 saturated carbocycles. The Morgan fingerprint density at radius 2 is 1.95 bits per heavy atom. The lowest BCUT2D eigenvalue weighted by Crippen LogP contribution is -2.18. The Hall–Kier alpha value is -1.35. The monoisotopic (exact) mass is 276 g/mol. The topological polar surface area (TPSA) is 35.5 Å². The van der Waals surface area contributed by atoms with Gasteiger partial charge in [-0.15, -0.1) is 0 Å². The number of ether oxygens (including phenoxy) is 2. The van der Waals surface area contributed by atoms with E-state index in [1.54, 1.807) is 0 Å². The zero-order valence-electron chi connectivity index (χ0n) is 12.2. The van der Waals surface area contributed by atoms with Gasteiger partial charge >= 0.3 is 5.97 Å². The van der Waals surface area contributed by atoms with Gasteiger partial charge in [0.05, 0.1) is 19.6 Å². The van der Waals surface area contributed by atoms with Gasteiger partial charge in [-0.1, -0.05) is 37.3 Å². The number of rotatable bonds is 7. The molecule has 1 unspecified atom stereocenters. The van der Waals surface area contributed by atoms with Crippen LogP contribution in [-0.4, -0.2) is 18.7 Å². The third-order valence-electron chi connectivity index (χ3n) is 3.63. The van der Waals surface area contributed by atoms with Crippen LogP contribution in [0, 0.1) is 5.92 Å². The van der Waals surface area contributed by atoms with Crippen molar-refractivity contribution in [3.8, 4) is 0 Å². The zero-order chi connectivity index (χ0) is 14.2. The summed E-state index contributed by atoms with van der Waals surface area (Å²) in [5.74, 6) is 0.125. The van der Waals surface area contributed by atoms with E-state index in [4.69, 9.17) is 9.47 Å². The maximum Gasteiger partial charge on any atom is 0.306 e. The normalized spacial score (nSPS) is 17.1. The molecule has 1 fully saturated rings. The Labute approximate surface area is 121 Å². The van der Waals surface area contributed by atoms with E-state index in [9.17, 15) is 4.79 Å². The van der Waals surface area contributed by atoms with Gasteiger partial charge in [0.1, 0.15) is 6.10 Å². The number of hydrogen-bond acceptors (Lipinski definition) is 3. The molecule has 20 heavy (non-hydrogen) atoms. The molecule has 0 saturated heterocycles. The lowest BCUT2D eigenvalue weighted by atomic mass is 10.1. The number of benzene rings is 1. The second kappa shape index (κ2) is 8.05. The first-order valence-corrected chi connectivity index (χ1v) is 7.55. The molecule has 2 rings (SSSR count). The van der Waals surface area contributed by atoms with Gasteiger partial charge in [-0.2, -0.15) is 0 Å². The number of carbonyl (C=O) groups is 1. The maximum absolute atomic E-state index is 11.8. The molecule has 0 amide bonds. The molecule has 3 nitrogen and oxygen atoms in total. The van der Waals surface area contributed by atoms with Crippen LogP contribution in [0.3, 0.4) is 0 Å². The largest absolute Gasteiger partial charge is 0.462 e. The molecule has 1 atom stereocenters. The first-order valence-electron chi connectivity index (χ1n) is 7.55. The van der Waals surface area contributed by atoms with Gasteiger partial charge in [0.15, 0.2) is 0 Å². The van der Waals surface area contributed by atoms with Crippen molar-refractivity contribution in [2.75, 3.05) is 6.61 Å². The van der Waals surface area contributed by atoms with Crippen LogP contribution in [0.5, 0.6) is 0 Å². The molecule has 0 bridgehead atoms. The molecule has 1 aliphatic carbocycles. The SMILES string of the molecule is CC(COCc1ccccc1)CC(=O)OC1CCCC1. The van der Waals surface area contributed by atoms with E-state index in [2.05, 4.69) is 0 Å². The molecule has 0 spiro atoms. The summed E-state index contributed by atoms with van der Waals surface area (Å²) in [4.78, 5) is 11.8. The van der Waals surface area contributed by atoms with Crippen molar-refractivity contribution in [1.82, 2.24) is 0 Å². The lowest BCUT2D eigenvalue weighted by Gasteiger charge is -2.15. The summed E-state index contributed by atoms with van der Waals surface area (Å²) in [7, 11) is 0. The van der Waals surface area contributed by atoms with Gasteiger partial charge in [-0.05, 0) is 37.2 Å². The van der Waals surface area contributed by atoms with Crippen LogP contribution in [0.1, 0.15) is 44.6 Å². The minimum Gasteiger partial charge on any atom is -0.462 e. The molecule has 1 aromatic rings. The Morgan fingerprint density at radius 1 is 1.25 bits per heavy atom. The van der Waals surface area contributed by atoms with Crippen molar-refractivity contribution in [2.24, 2.45) is 5.92 Å². The summed E-state index contributed by atoms with van der Waals surface area (Å²) in [6.07, 6.45) is 5.06. The Bertz CT molecular complexity index is 396. The summed E-state index contributed by atoms with van der Waals surface area (Å²) in [5.41, 5.74) is 1.16. The number of hydrogen-bond donors (Lipinski definition) is 0. The highest BCUT2D eigenvalue weighted by Crippen LogP contribution is 2.21. The number of esters is 1. The molecule has 3 heteroatoms. The van der Waals surface area contributed by atoms with Crippen LogP contribution >= 0.6 is 0 Å². The molecule has 0 N–H and O–H groups in total. The van der Waals surface area contributed by atoms with E-state index in [1.165, 1.54) is 12.8 Å². The quantitative estimate of drug-likeness (QED) is 0.712. The van der Waals surface area contributed by atoms with Crippen LogP contribution in [0.25, 0.3) is 0 Å². The van der Waals surface area contributed by atoms with Gasteiger partial charge in [0, 0.05) is 0 Å². The van der Waals surface area contributed by atoms with Crippen LogP contribution < -0.4 is 0 Å². The van der Waals surface area contributed by atoms with Crippen LogP contribution in [0.2, 0.25) is 0 Å². The summed E-state index contributed by atoms with van der Waals surface area (Å²) in [6.45, 7) is 3.22. The van der Waals surface area contributed by atoms with Crippen molar-refractivity contribution >= 4 is 5.97 Å². The molecule has 1 aromatic carbocycles. The third-order valence-corrected chi connectivity index (χ3v) is 3.63. The highest BCUT2D eigenvalue weighted by Gasteiger charge is 2.20. The van der Waals surface area contributed by atoms with E-state index in [0.29, 0.717) is 19.6 Å². The lowest BCUT2D eigenvalue weighted by molar-refractivity contribution is -0.150. The second-order valence-corrected chi connectivity index (χ2v) is 5.71. The predicted molar refractivity (Wildman–Crippen MR) is 78.2 cm³/mol. The average molecular weight is 276 g/mol. The van der Waals surface area contributed by atoms with Crippen molar-refractivity contribution in [2.45, 2.75) is 51.7 Å². The maximum atomic E-state index is 11.8. The van der Waals surface area contributed by atoms with Crippen molar-refractivity contribution in [3.63, 3.8) is 0 Å². The van der Waals surface area contributed by atoms with E-state index in [0.717, 1.165) is 18.4 Å². The van der Waals surface area contributed by atoms with Crippen molar-refractivity contribution in [3.05, 3.63) is 35.9 Å². The van der Waals surface area contributed by atoms with Crippen LogP contribution in [0.4, 0.5) is 0 Å². The minimum absolute atomic E-state index is 0.0762. The average Bonchev–Trinajstić information content (AvgIpc) is 2.92. The fourth-order valence-corrected chi connectivity index (χ4v) is 2.54. The first kappa shape index (κ1) is 15.0. The van der Waals surface area contributed by atoms with E-state index in [-0.39, 0.29) is 18.0 Å². The van der Waals surface area contributed by atoms with E-state index < -0.39 is 0 Å². The van der Waals surface area contributed by atoms with Gasteiger partial charge in [0.25, 0.3) is 0 Å². The molecule has 0 aliphatic heterocycles. The molecular formula is C17H24O3. The first-order chi connectivity index (χ1) is 9.74. The summed E-state index contributed by atoms with van der Waals surface area (Å²) < 4.78 is 11.1. The molecule has 1 aliphatic rings. The summed E-state index contributed by atoms with van der Waals surface area (Å²) in [5, 5.41) is 0. The third kappa shape index (κ3) is 5.33. The van der Waals surface area contributed by atoms with Gasteiger partial charge in [-0.3, -0.25) is 4.79 Å². The van der Waals surface area contributed by atoms with E-state index in [1.807, 2.05) is 37.3 Å². The summed E-state index contributed by atoms with van der Waals surface area (Å²) in [6, 6.07) is 10.1. The Balaban J connectivity index is 1.59. The minimum atomic E-state index is -0.0762. The van der Waals surface area contributed by atoms with Crippen molar-refractivity contribution in [1.29, 1.82) is 0 Å². The van der Waals surface area contributed by atoms with E-state index >= 15 is 0 Å².